The summed E-state index contributed by atoms with van der Waals surface area (Å²) in [6, 6.07) is 4.70. The fourth-order valence-electron chi connectivity index (χ4n) is 2.84. The van der Waals surface area contributed by atoms with Crippen LogP contribution >= 0.6 is 23.2 Å². The minimum absolute atomic E-state index is 0.214. The fourth-order valence-corrected chi connectivity index (χ4v) is 3.27. The third kappa shape index (κ3) is 6.49. The van der Waals surface area contributed by atoms with Crippen LogP contribution in [0.15, 0.2) is 34.5 Å². The van der Waals surface area contributed by atoms with Crippen LogP contribution in [0.25, 0.3) is 0 Å². The molecule has 0 bridgehead atoms. The minimum atomic E-state index is -1.45. The Hall–Kier alpha value is -3.04. The number of nitrogens with zero attached hydrogens (tertiary/aromatic N) is 2. The standard InChI is InChI=1S/C22H25Cl2N3O6/c1-6-32-16-10-13(23)11-17(33-7-2)19(16)25-22(29)18(12(3)28)27-26-15-9-8-14(24)20(30-4)21(15)31-5/h8-11,18H,6-7H2,1-5H3,(H,25,29). The van der Waals surface area contributed by atoms with Crippen LogP contribution < -0.4 is 24.3 Å². The van der Waals surface area contributed by atoms with Gasteiger partial charge in [-0.05, 0) is 32.9 Å². The van der Waals surface area contributed by atoms with Gasteiger partial charge in [-0.15, -0.1) is 0 Å². The summed E-state index contributed by atoms with van der Waals surface area (Å²) in [5.74, 6) is -0.193. The lowest BCUT2D eigenvalue weighted by Gasteiger charge is -2.18. The second kappa shape index (κ2) is 12.3. The number of amides is 1. The summed E-state index contributed by atoms with van der Waals surface area (Å²) < 4.78 is 21.7. The van der Waals surface area contributed by atoms with E-state index in [1.807, 2.05) is 0 Å². The van der Waals surface area contributed by atoms with Gasteiger partial charge in [0.1, 0.15) is 22.9 Å². The van der Waals surface area contributed by atoms with Crippen LogP contribution in [-0.2, 0) is 9.59 Å². The molecule has 1 N–H and O–H groups in total. The van der Waals surface area contributed by atoms with Gasteiger partial charge in [0.15, 0.2) is 17.3 Å². The van der Waals surface area contributed by atoms with Crippen molar-refractivity contribution in [2.45, 2.75) is 26.8 Å². The number of halogens is 2. The molecule has 1 amide bonds. The molecular weight excluding hydrogens is 473 g/mol. The van der Waals surface area contributed by atoms with Gasteiger partial charge in [-0.25, -0.2) is 0 Å². The third-order valence-electron chi connectivity index (χ3n) is 4.24. The van der Waals surface area contributed by atoms with Crippen molar-refractivity contribution in [2.24, 2.45) is 10.2 Å². The number of carbonyl (C=O) groups excluding carboxylic acids is 2. The predicted molar refractivity (Wildman–Crippen MR) is 126 cm³/mol. The van der Waals surface area contributed by atoms with Crippen LogP contribution in [0.3, 0.4) is 0 Å². The molecular formula is C22H25Cl2N3O6. The summed E-state index contributed by atoms with van der Waals surface area (Å²) >= 11 is 12.2. The van der Waals surface area contributed by atoms with Gasteiger partial charge in [0.25, 0.3) is 5.91 Å². The molecule has 0 aliphatic carbocycles. The van der Waals surface area contributed by atoms with Gasteiger partial charge in [0, 0.05) is 17.2 Å². The molecule has 2 aromatic rings. The first-order chi connectivity index (χ1) is 15.8. The molecule has 0 spiro atoms. The molecule has 1 atom stereocenters. The number of rotatable bonds is 11. The normalized spacial score (nSPS) is 11.7. The number of ether oxygens (including phenoxy) is 4. The number of azo groups is 1. The molecule has 0 aliphatic heterocycles. The van der Waals surface area contributed by atoms with E-state index in [2.05, 4.69) is 15.5 Å². The summed E-state index contributed by atoms with van der Waals surface area (Å²) in [6.07, 6.45) is 0. The van der Waals surface area contributed by atoms with E-state index in [0.717, 1.165) is 0 Å². The summed E-state index contributed by atoms with van der Waals surface area (Å²) in [6.45, 7) is 5.45. The molecule has 9 nitrogen and oxygen atoms in total. The molecule has 0 saturated heterocycles. The molecule has 33 heavy (non-hydrogen) atoms. The zero-order valence-corrected chi connectivity index (χ0v) is 20.4. The van der Waals surface area contributed by atoms with E-state index in [-0.39, 0.29) is 22.9 Å². The molecule has 11 heteroatoms. The van der Waals surface area contributed by atoms with Gasteiger partial charge in [-0.1, -0.05) is 23.2 Å². The Morgan fingerprint density at radius 1 is 1.00 bits per heavy atom. The molecule has 0 fully saturated rings. The summed E-state index contributed by atoms with van der Waals surface area (Å²) in [4.78, 5) is 25.2. The van der Waals surface area contributed by atoms with Crippen LogP contribution in [0.2, 0.25) is 10.0 Å². The number of carbonyl (C=O) groups is 2. The molecule has 0 saturated carbocycles. The number of benzene rings is 2. The third-order valence-corrected chi connectivity index (χ3v) is 4.76. The van der Waals surface area contributed by atoms with Crippen molar-refractivity contribution >= 4 is 46.3 Å². The van der Waals surface area contributed by atoms with Crippen molar-refractivity contribution in [3.05, 3.63) is 34.3 Å². The average molecular weight is 498 g/mol. The molecule has 178 valence electrons. The maximum absolute atomic E-state index is 13.0. The highest BCUT2D eigenvalue weighted by Gasteiger charge is 2.26. The minimum Gasteiger partial charge on any atom is -0.491 e. The molecule has 1 unspecified atom stereocenters. The highest BCUT2D eigenvalue weighted by molar-refractivity contribution is 6.32. The van der Waals surface area contributed by atoms with Crippen molar-refractivity contribution in [3.8, 4) is 23.0 Å². The number of anilines is 1. The topological polar surface area (TPSA) is 108 Å². The van der Waals surface area contributed by atoms with Gasteiger partial charge in [0.2, 0.25) is 6.04 Å². The van der Waals surface area contributed by atoms with E-state index in [1.165, 1.54) is 33.3 Å². The van der Waals surface area contributed by atoms with Crippen LogP contribution in [0.1, 0.15) is 20.8 Å². The number of methoxy groups -OCH3 is 2. The Labute approximate surface area is 202 Å². The molecule has 2 rings (SSSR count). The van der Waals surface area contributed by atoms with Gasteiger partial charge < -0.3 is 24.3 Å². The summed E-state index contributed by atoms with van der Waals surface area (Å²) in [7, 11) is 2.84. The summed E-state index contributed by atoms with van der Waals surface area (Å²) in [5, 5.41) is 11.3. The second-order valence-corrected chi connectivity index (χ2v) is 7.34. The Bertz CT molecular complexity index is 1020. The lowest BCUT2D eigenvalue weighted by atomic mass is 10.2. The lowest BCUT2D eigenvalue weighted by Crippen LogP contribution is -2.32. The van der Waals surface area contributed by atoms with Crippen LogP contribution in [0.4, 0.5) is 11.4 Å². The van der Waals surface area contributed by atoms with Crippen LogP contribution in [0.5, 0.6) is 23.0 Å². The van der Waals surface area contributed by atoms with E-state index in [1.54, 1.807) is 26.0 Å². The zero-order chi connectivity index (χ0) is 24.5. The van der Waals surface area contributed by atoms with Crippen LogP contribution in [-0.4, -0.2) is 45.2 Å². The highest BCUT2D eigenvalue weighted by Crippen LogP contribution is 2.42. The van der Waals surface area contributed by atoms with Crippen molar-refractivity contribution < 1.29 is 28.5 Å². The van der Waals surface area contributed by atoms with E-state index in [4.69, 9.17) is 42.1 Å². The maximum atomic E-state index is 13.0. The largest absolute Gasteiger partial charge is 0.491 e. The van der Waals surface area contributed by atoms with Crippen molar-refractivity contribution in [1.29, 1.82) is 0 Å². The van der Waals surface area contributed by atoms with Gasteiger partial charge in [0.05, 0.1) is 32.5 Å². The maximum Gasteiger partial charge on any atom is 0.259 e. The van der Waals surface area contributed by atoms with Crippen molar-refractivity contribution in [2.75, 3.05) is 32.8 Å². The number of ketones is 1. The van der Waals surface area contributed by atoms with Crippen LogP contribution in [0, 0.1) is 0 Å². The quantitative estimate of drug-likeness (QED) is 0.324. The molecule has 0 aromatic heterocycles. The number of Topliss-reactive ketones (excluding diaryl/α,β-unsaturated/α-hetero) is 1. The SMILES string of the molecule is CCOc1cc(Cl)cc(OCC)c1NC(=O)C(N=Nc1ccc(Cl)c(OC)c1OC)C(C)=O. The first-order valence-electron chi connectivity index (χ1n) is 9.99. The predicted octanol–water partition coefficient (Wildman–Crippen LogP) is 5.49. The monoisotopic (exact) mass is 497 g/mol. The Balaban J connectivity index is 2.41. The van der Waals surface area contributed by atoms with Crippen molar-refractivity contribution in [1.82, 2.24) is 0 Å². The molecule has 0 aliphatic rings. The Kier molecular flexibility index (Phi) is 9.74. The van der Waals surface area contributed by atoms with E-state index in [0.29, 0.717) is 34.8 Å². The molecule has 2 aromatic carbocycles. The number of hydrogen-bond donors (Lipinski definition) is 1. The van der Waals surface area contributed by atoms with Gasteiger partial charge >= 0.3 is 0 Å². The lowest BCUT2D eigenvalue weighted by molar-refractivity contribution is -0.126. The summed E-state index contributed by atoms with van der Waals surface area (Å²) in [5.41, 5.74) is 0.467. The zero-order valence-electron chi connectivity index (χ0n) is 18.9. The smallest absolute Gasteiger partial charge is 0.259 e. The number of nitrogens with one attached hydrogen (secondary N) is 1. The van der Waals surface area contributed by atoms with Gasteiger partial charge in [-0.3, -0.25) is 9.59 Å². The second-order valence-electron chi connectivity index (χ2n) is 6.49. The Morgan fingerprint density at radius 2 is 1.58 bits per heavy atom. The average Bonchev–Trinajstić information content (AvgIpc) is 2.76. The molecule has 0 radical (unpaired) electrons. The highest BCUT2D eigenvalue weighted by atomic mass is 35.5. The molecule has 0 heterocycles. The fraction of sp³-hybridized carbons (Fsp3) is 0.364. The van der Waals surface area contributed by atoms with Gasteiger partial charge in [-0.2, -0.15) is 10.2 Å². The Morgan fingerprint density at radius 3 is 2.06 bits per heavy atom. The van der Waals surface area contributed by atoms with E-state index in [9.17, 15) is 9.59 Å². The first kappa shape index (κ1) is 26.2. The number of hydrogen-bond acceptors (Lipinski definition) is 8. The van der Waals surface area contributed by atoms with Crippen molar-refractivity contribution in [3.63, 3.8) is 0 Å². The first-order valence-corrected chi connectivity index (χ1v) is 10.7. The van der Waals surface area contributed by atoms with E-state index < -0.39 is 17.7 Å². The van der Waals surface area contributed by atoms with E-state index >= 15 is 0 Å².